The van der Waals surface area contributed by atoms with Crippen LogP contribution >= 0.6 is 0 Å². The van der Waals surface area contributed by atoms with Gasteiger partial charge in [0.15, 0.2) is 0 Å². The molecule has 4 rings (SSSR count). The van der Waals surface area contributed by atoms with Gasteiger partial charge in [0.05, 0.1) is 24.1 Å². The van der Waals surface area contributed by atoms with Crippen molar-refractivity contribution in [3.63, 3.8) is 0 Å². The molecule has 2 aliphatic heterocycles. The summed E-state index contributed by atoms with van der Waals surface area (Å²) in [6, 6.07) is 0.189. The number of ether oxygens (including phenoxy) is 1. The van der Waals surface area contributed by atoms with Crippen LogP contribution in [0.3, 0.4) is 0 Å². The number of aromatic nitrogens is 4. The van der Waals surface area contributed by atoms with E-state index in [0.29, 0.717) is 6.42 Å². The molecule has 1 amide bonds. The molecule has 0 N–H and O–H groups in total. The molecule has 152 valence electrons. The van der Waals surface area contributed by atoms with Crippen LogP contribution in [0.4, 0.5) is 0 Å². The maximum atomic E-state index is 13.2. The lowest BCUT2D eigenvalue weighted by atomic mass is 9.64. The molecule has 2 atom stereocenters. The van der Waals surface area contributed by atoms with Crippen molar-refractivity contribution >= 4 is 5.91 Å². The van der Waals surface area contributed by atoms with Crippen LogP contribution in [-0.4, -0.2) is 49.9 Å². The van der Waals surface area contributed by atoms with Gasteiger partial charge >= 0.3 is 0 Å². The highest BCUT2D eigenvalue weighted by atomic mass is 16.5. The molecule has 2 aromatic rings. The molecule has 0 radical (unpaired) electrons. The standard InChI is InChI=1S/C21H31N5O2/c1-16(24-8-7-22-15-24)11-18(27)25-14-21(5-9-28-10-6-21)19(25)17-12-23-26(13-17)20(2,3)4/h7-8,12-13,15-16,19H,5-6,9-11,14H2,1-4H3. The number of amides is 1. The summed E-state index contributed by atoms with van der Waals surface area (Å²) in [5, 5.41) is 4.60. The average molecular weight is 386 g/mol. The molecule has 7 heteroatoms. The van der Waals surface area contributed by atoms with Crippen molar-refractivity contribution in [3.05, 3.63) is 36.7 Å². The van der Waals surface area contributed by atoms with E-state index in [0.717, 1.165) is 38.2 Å². The van der Waals surface area contributed by atoms with E-state index in [2.05, 4.69) is 48.9 Å². The normalized spacial score (nSPS) is 22.9. The minimum Gasteiger partial charge on any atom is -0.381 e. The SMILES string of the molecule is CC(CC(=O)N1CC2(CCOCC2)C1c1cnn(C(C)(C)C)c1)n1ccnc1. The van der Waals surface area contributed by atoms with Crippen LogP contribution < -0.4 is 0 Å². The van der Waals surface area contributed by atoms with Gasteiger partial charge in [0.2, 0.25) is 5.91 Å². The van der Waals surface area contributed by atoms with Gasteiger partial charge in [0.25, 0.3) is 0 Å². The molecule has 2 unspecified atom stereocenters. The number of carbonyl (C=O) groups excluding carboxylic acids is 1. The first-order chi connectivity index (χ1) is 13.3. The number of nitrogens with zero attached hydrogens (tertiary/aromatic N) is 5. The first kappa shape index (κ1) is 19.2. The maximum absolute atomic E-state index is 13.2. The summed E-state index contributed by atoms with van der Waals surface area (Å²) in [6.45, 7) is 10.9. The molecule has 2 saturated heterocycles. The highest BCUT2D eigenvalue weighted by molar-refractivity contribution is 5.78. The monoisotopic (exact) mass is 385 g/mol. The second-order valence-electron chi connectivity index (χ2n) is 9.35. The smallest absolute Gasteiger partial charge is 0.225 e. The largest absolute Gasteiger partial charge is 0.381 e. The van der Waals surface area contributed by atoms with E-state index < -0.39 is 0 Å². The van der Waals surface area contributed by atoms with Crippen LogP contribution in [0.15, 0.2) is 31.1 Å². The van der Waals surface area contributed by atoms with E-state index in [9.17, 15) is 4.79 Å². The summed E-state index contributed by atoms with van der Waals surface area (Å²) in [7, 11) is 0. The Labute approximate surface area is 166 Å². The Morgan fingerprint density at radius 3 is 2.71 bits per heavy atom. The van der Waals surface area contributed by atoms with Crippen LogP contribution in [0.2, 0.25) is 0 Å². The van der Waals surface area contributed by atoms with Crippen LogP contribution in [0, 0.1) is 5.41 Å². The van der Waals surface area contributed by atoms with E-state index in [-0.39, 0.29) is 28.9 Å². The Hall–Kier alpha value is -2.15. The molecule has 2 aromatic heterocycles. The number of hydrogen-bond acceptors (Lipinski definition) is 4. The van der Waals surface area contributed by atoms with Gasteiger partial charge in [-0.1, -0.05) is 0 Å². The lowest BCUT2D eigenvalue weighted by Gasteiger charge is -2.59. The Morgan fingerprint density at radius 2 is 2.11 bits per heavy atom. The molecule has 2 fully saturated rings. The molecule has 2 aliphatic rings. The molecule has 0 aromatic carbocycles. The quantitative estimate of drug-likeness (QED) is 0.811. The Balaban J connectivity index is 1.56. The third kappa shape index (κ3) is 3.36. The summed E-state index contributed by atoms with van der Waals surface area (Å²) >= 11 is 0. The summed E-state index contributed by atoms with van der Waals surface area (Å²) in [4.78, 5) is 19.3. The van der Waals surface area contributed by atoms with Crippen molar-refractivity contribution in [2.45, 2.75) is 64.6 Å². The van der Waals surface area contributed by atoms with Gasteiger partial charge in [0, 0.05) is 61.8 Å². The van der Waals surface area contributed by atoms with E-state index in [1.54, 1.807) is 12.5 Å². The lowest BCUT2D eigenvalue weighted by molar-refractivity contribution is -0.170. The minimum absolute atomic E-state index is 0.0738. The third-order valence-corrected chi connectivity index (χ3v) is 6.30. The van der Waals surface area contributed by atoms with E-state index in [1.165, 1.54) is 0 Å². The van der Waals surface area contributed by atoms with Gasteiger partial charge in [-0.25, -0.2) is 4.98 Å². The summed E-state index contributed by atoms with van der Waals surface area (Å²) in [5.74, 6) is 0.201. The second-order valence-corrected chi connectivity index (χ2v) is 9.35. The molecule has 0 saturated carbocycles. The average Bonchev–Trinajstić information content (AvgIpc) is 3.32. The molecular formula is C21H31N5O2. The fourth-order valence-electron chi connectivity index (χ4n) is 4.56. The maximum Gasteiger partial charge on any atom is 0.225 e. The first-order valence-corrected chi connectivity index (χ1v) is 10.2. The summed E-state index contributed by atoms with van der Waals surface area (Å²) in [5.41, 5.74) is 1.19. The van der Waals surface area contributed by atoms with Gasteiger partial charge < -0.3 is 14.2 Å². The van der Waals surface area contributed by atoms with Crippen molar-refractivity contribution in [1.82, 2.24) is 24.2 Å². The molecule has 0 aliphatic carbocycles. The predicted molar refractivity (Wildman–Crippen MR) is 106 cm³/mol. The zero-order valence-corrected chi connectivity index (χ0v) is 17.3. The molecular weight excluding hydrogens is 354 g/mol. The fraction of sp³-hybridized carbons (Fsp3) is 0.667. The van der Waals surface area contributed by atoms with Crippen molar-refractivity contribution in [1.29, 1.82) is 0 Å². The first-order valence-electron chi connectivity index (χ1n) is 10.2. The number of hydrogen-bond donors (Lipinski definition) is 0. The zero-order chi connectivity index (χ0) is 19.9. The highest BCUT2D eigenvalue weighted by Gasteiger charge is 2.55. The van der Waals surface area contributed by atoms with E-state index in [1.807, 2.05) is 21.6 Å². The van der Waals surface area contributed by atoms with Gasteiger partial charge in [-0.05, 0) is 40.5 Å². The molecule has 4 heterocycles. The van der Waals surface area contributed by atoms with Gasteiger partial charge in [-0.2, -0.15) is 5.10 Å². The second kappa shape index (κ2) is 7.03. The fourth-order valence-corrected chi connectivity index (χ4v) is 4.56. The summed E-state index contributed by atoms with van der Waals surface area (Å²) in [6.07, 6.45) is 12.0. The molecule has 28 heavy (non-hydrogen) atoms. The topological polar surface area (TPSA) is 65.2 Å². The number of likely N-dealkylation sites (tertiary alicyclic amines) is 1. The molecule has 0 bridgehead atoms. The molecule has 1 spiro atoms. The van der Waals surface area contributed by atoms with Gasteiger partial charge in [-0.3, -0.25) is 9.48 Å². The van der Waals surface area contributed by atoms with Crippen molar-refractivity contribution in [2.24, 2.45) is 5.41 Å². The van der Waals surface area contributed by atoms with Crippen LogP contribution in [0.25, 0.3) is 0 Å². The minimum atomic E-state index is -0.0738. The third-order valence-electron chi connectivity index (χ3n) is 6.30. The summed E-state index contributed by atoms with van der Waals surface area (Å²) < 4.78 is 9.62. The number of rotatable bonds is 4. The van der Waals surface area contributed by atoms with Crippen LogP contribution in [-0.2, 0) is 15.1 Å². The number of carbonyl (C=O) groups is 1. The highest BCUT2D eigenvalue weighted by Crippen LogP contribution is 2.55. The molecule has 7 nitrogen and oxygen atoms in total. The lowest BCUT2D eigenvalue weighted by Crippen LogP contribution is -2.62. The Morgan fingerprint density at radius 1 is 1.36 bits per heavy atom. The van der Waals surface area contributed by atoms with Crippen LogP contribution in [0.1, 0.15) is 64.6 Å². The van der Waals surface area contributed by atoms with Crippen LogP contribution in [0.5, 0.6) is 0 Å². The van der Waals surface area contributed by atoms with Crippen molar-refractivity contribution in [3.8, 4) is 0 Å². The predicted octanol–water partition coefficient (Wildman–Crippen LogP) is 3.17. The van der Waals surface area contributed by atoms with Gasteiger partial charge in [0.1, 0.15) is 0 Å². The Bertz CT molecular complexity index is 814. The van der Waals surface area contributed by atoms with Crippen molar-refractivity contribution in [2.75, 3.05) is 19.8 Å². The van der Waals surface area contributed by atoms with Crippen molar-refractivity contribution < 1.29 is 9.53 Å². The number of imidazole rings is 1. The Kier molecular flexibility index (Phi) is 4.81. The van der Waals surface area contributed by atoms with E-state index >= 15 is 0 Å². The van der Waals surface area contributed by atoms with Gasteiger partial charge in [-0.15, -0.1) is 0 Å². The van der Waals surface area contributed by atoms with E-state index in [4.69, 9.17) is 4.74 Å². The zero-order valence-electron chi connectivity index (χ0n) is 17.3.